The minimum absolute atomic E-state index is 0.00324. The van der Waals surface area contributed by atoms with Crippen molar-refractivity contribution in [2.75, 3.05) is 0 Å². The number of carbonyl (C=O) groups is 1. The van der Waals surface area contributed by atoms with Gasteiger partial charge in [0.25, 0.3) is 5.69 Å². The molecule has 0 aromatic heterocycles. The number of carbonyl (C=O) groups excluding carboxylic acids is 1. The average molecular weight is 262 g/mol. The SMILES string of the molecule is Cc1cccc([N+](=O)[O-])c1CC1CCC(C)C(=O)N1. The number of nitrogens with zero attached hydrogens (tertiary/aromatic N) is 1. The fourth-order valence-corrected chi connectivity index (χ4v) is 2.52. The van der Waals surface area contributed by atoms with Gasteiger partial charge in [0.1, 0.15) is 0 Å². The zero-order chi connectivity index (χ0) is 14.0. The molecule has 1 aromatic rings. The summed E-state index contributed by atoms with van der Waals surface area (Å²) >= 11 is 0. The molecule has 1 heterocycles. The molecule has 1 aromatic carbocycles. The van der Waals surface area contributed by atoms with E-state index in [9.17, 15) is 14.9 Å². The molecule has 1 fully saturated rings. The standard InChI is InChI=1S/C14H18N2O3/c1-9-4-3-5-13(16(18)19)12(9)8-11-7-6-10(2)14(17)15-11/h3-5,10-11H,6-8H2,1-2H3,(H,15,17). The Morgan fingerprint density at radius 1 is 1.42 bits per heavy atom. The summed E-state index contributed by atoms with van der Waals surface area (Å²) in [7, 11) is 0. The van der Waals surface area contributed by atoms with Crippen molar-refractivity contribution in [1.29, 1.82) is 0 Å². The molecule has 2 rings (SSSR count). The first-order chi connectivity index (χ1) is 8.99. The molecule has 1 aliphatic heterocycles. The number of rotatable bonds is 3. The lowest BCUT2D eigenvalue weighted by atomic mass is 9.90. The number of benzene rings is 1. The average Bonchev–Trinajstić information content (AvgIpc) is 2.36. The van der Waals surface area contributed by atoms with E-state index >= 15 is 0 Å². The van der Waals surface area contributed by atoms with Crippen molar-refractivity contribution in [3.05, 3.63) is 39.4 Å². The first kappa shape index (κ1) is 13.5. The molecule has 0 spiro atoms. The molecule has 2 atom stereocenters. The summed E-state index contributed by atoms with van der Waals surface area (Å²) in [6, 6.07) is 5.09. The Morgan fingerprint density at radius 2 is 2.16 bits per heavy atom. The predicted octanol–water partition coefficient (Wildman–Crippen LogP) is 2.36. The molecular weight excluding hydrogens is 244 g/mol. The molecule has 19 heavy (non-hydrogen) atoms. The van der Waals surface area contributed by atoms with Crippen LogP contribution in [-0.2, 0) is 11.2 Å². The molecule has 1 aliphatic rings. The zero-order valence-electron chi connectivity index (χ0n) is 11.2. The van der Waals surface area contributed by atoms with Crippen LogP contribution in [0.5, 0.6) is 0 Å². The Bertz CT molecular complexity index is 513. The number of nitro groups is 1. The van der Waals surface area contributed by atoms with Gasteiger partial charge >= 0.3 is 0 Å². The van der Waals surface area contributed by atoms with Gasteiger partial charge in [0.2, 0.25) is 5.91 Å². The highest BCUT2D eigenvalue weighted by Crippen LogP contribution is 2.26. The van der Waals surface area contributed by atoms with Crippen molar-refractivity contribution in [3.8, 4) is 0 Å². The summed E-state index contributed by atoms with van der Waals surface area (Å²) < 4.78 is 0. The lowest BCUT2D eigenvalue weighted by molar-refractivity contribution is -0.385. The molecule has 5 heteroatoms. The maximum absolute atomic E-state index is 11.7. The van der Waals surface area contributed by atoms with Crippen molar-refractivity contribution in [2.45, 2.75) is 39.2 Å². The summed E-state index contributed by atoms with van der Waals surface area (Å²) in [5.41, 5.74) is 1.78. The summed E-state index contributed by atoms with van der Waals surface area (Å²) in [4.78, 5) is 22.4. The van der Waals surface area contributed by atoms with E-state index in [0.717, 1.165) is 24.0 Å². The Morgan fingerprint density at radius 3 is 2.79 bits per heavy atom. The van der Waals surface area contributed by atoms with Crippen LogP contribution < -0.4 is 5.32 Å². The molecule has 2 unspecified atom stereocenters. The number of aryl methyl sites for hydroxylation is 1. The van der Waals surface area contributed by atoms with Crippen LogP contribution >= 0.6 is 0 Å². The van der Waals surface area contributed by atoms with Crippen molar-refractivity contribution >= 4 is 11.6 Å². The molecular formula is C14H18N2O3. The van der Waals surface area contributed by atoms with Gasteiger partial charge in [0, 0.05) is 23.6 Å². The predicted molar refractivity (Wildman–Crippen MR) is 71.9 cm³/mol. The summed E-state index contributed by atoms with van der Waals surface area (Å²) in [5, 5.41) is 14.0. The quantitative estimate of drug-likeness (QED) is 0.671. The Balaban J connectivity index is 2.19. The first-order valence-corrected chi connectivity index (χ1v) is 6.52. The van der Waals surface area contributed by atoms with Crippen LogP contribution in [0.25, 0.3) is 0 Å². The van der Waals surface area contributed by atoms with Crippen LogP contribution in [0.1, 0.15) is 30.9 Å². The van der Waals surface area contributed by atoms with E-state index < -0.39 is 0 Å². The van der Waals surface area contributed by atoms with Gasteiger partial charge in [-0.25, -0.2) is 0 Å². The van der Waals surface area contributed by atoms with Crippen LogP contribution in [-0.4, -0.2) is 16.9 Å². The summed E-state index contributed by atoms with van der Waals surface area (Å²) in [5.74, 6) is 0.0931. The third kappa shape index (κ3) is 2.92. The number of hydrogen-bond donors (Lipinski definition) is 1. The first-order valence-electron chi connectivity index (χ1n) is 6.52. The van der Waals surface area contributed by atoms with E-state index in [1.807, 2.05) is 19.9 Å². The lowest BCUT2D eigenvalue weighted by Gasteiger charge is -2.27. The van der Waals surface area contributed by atoms with Crippen LogP contribution in [0.15, 0.2) is 18.2 Å². The van der Waals surface area contributed by atoms with E-state index in [2.05, 4.69) is 5.32 Å². The van der Waals surface area contributed by atoms with Gasteiger partial charge in [-0.15, -0.1) is 0 Å². The lowest BCUT2D eigenvalue weighted by Crippen LogP contribution is -2.44. The van der Waals surface area contributed by atoms with Crippen molar-refractivity contribution in [1.82, 2.24) is 5.32 Å². The summed E-state index contributed by atoms with van der Waals surface area (Å²) in [6.07, 6.45) is 2.25. The maximum atomic E-state index is 11.7. The summed E-state index contributed by atoms with van der Waals surface area (Å²) in [6.45, 7) is 3.78. The van der Waals surface area contributed by atoms with E-state index in [0.29, 0.717) is 6.42 Å². The minimum atomic E-state index is -0.352. The largest absolute Gasteiger partial charge is 0.353 e. The van der Waals surface area contributed by atoms with E-state index in [-0.39, 0.29) is 28.5 Å². The number of hydrogen-bond acceptors (Lipinski definition) is 3. The molecule has 0 radical (unpaired) electrons. The molecule has 0 aliphatic carbocycles. The minimum Gasteiger partial charge on any atom is -0.353 e. The van der Waals surface area contributed by atoms with E-state index in [4.69, 9.17) is 0 Å². The Hall–Kier alpha value is -1.91. The molecule has 5 nitrogen and oxygen atoms in total. The normalized spacial score (nSPS) is 22.9. The number of amides is 1. The molecule has 1 saturated heterocycles. The molecule has 102 valence electrons. The highest BCUT2D eigenvalue weighted by molar-refractivity contribution is 5.79. The smallest absolute Gasteiger partial charge is 0.272 e. The Labute approximate surface area is 112 Å². The van der Waals surface area contributed by atoms with Gasteiger partial charge < -0.3 is 5.32 Å². The molecule has 1 amide bonds. The van der Waals surface area contributed by atoms with Gasteiger partial charge in [0.15, 0.2) is 0 Å². The monoisotopic (exact) mass is 262 g/mol. The topological polar surface area (TPSA) is 72.2 Å². The van der Waals surface area contributed by atoms with Gasteiger partial charge in [-0.3, -0.25) is 14.9 Å². The second-order valence-corrected chi connectivity index (χ2v) is 5.22. The van der Waals surface area contributed by atoms with Crippen molar-refractivity contribution in [3.63, 3.8) is 0 Å². The van der Waals surface area contributed by atoms with E-state index in [1.165, 1.54) is 6.07 Å². The fourth-order valence-electron chi connectivity index (χ4n) is 2.52. The fraction of sp³-hybridized carbons (Fsp3) is 0.500. The molecule has 1 N–H and O–H groups in total. The highest BCUT2D eigenvalue weighted by Gasteiger charge is 2.27. The Kier molecular flexibility index (Phi) is 3.83. The van der Waals surface area contributed by atoms with Gasteiger partial charge in [-0.2, -0.15) is 0 Å². The molecule has 0 bridgehead atoms. The number of nitrogens with one attached hydrogen (secondary N) is 1. The second-order valence-electron chi connectivity index (χ2n) is 5.22. The van der Waals surface area contributed by atoms with Crippen LogP contribution in [0.3, 0.4) is 0 Å². The van der Waals surface area contributed by atoms with Crippen LogP contribution in [0.2, 0.25) is 0 Å². The van der Waals surface area contributed by atoms with Crippen LogP contribution in [0.4, 0.5) is 5.69 Å². The van der Waals surface area contributed by atoms with Crippen molar-refractivity contribution < 1.29 is 9.72 Å². The van der Waals surface area contributed by atoms with Gasteiger partial charge in [0.05, 0.1) is 4.92 Å². The van der Waals surface area contributed by atoms with E-state index in [1.54, 1.807) is 6.07 Å². The molecule has 0 saturated carbocycles. The van der Waals surface area contributed by atoms with Gasteiger partial charge in [-0.1, -0.05) is 19.1 Å². The number of nitro benzene ring substituents is 1. The van der Waals surface area contributed by atoms with Gasteiger partial charge in [-0.05, 0) is 31.7 Å². The van der Waals surface area contributed by atoms with Crippen molar-refractivity contribution in [2.24, 2.45) is 5.92 Å². The third-order valence-corrected chi connectivity index (χ3v) is 3.77. The zero-order valence-corrected chi connectivity index (χ0v) is 11.2. The number of piperidine rings is 1. The second kappa shape index (κ2) is 5.38. The van der Waals surface area contributed by atoms with Crippen LogP contribution in [0, 0.1) is 23.0 Å². The maximum Gasteiger partial charge on any atom is 0.272 e. The highest BCUT2D eigenvalue weighted by atomic mass is 16.6. The third-order valence-electron chi connectivity index (χ3n) is 3.77.